The van der Waals surface area contributed by atoms with Crippen LogP contribution in [0.5, 0.6) is 0 Å². The van der Waals surface area contributed by atoms with Crippen molar-refractivity contribution in [3.8, 4) is 0 Å². The monoisotopic (exact) mass is 385 g/mol. The summed E-state index contributed by atoms with van der Waals surface area (Å²) in [7, 11) is 0. The van der Waals surface area contributed by atoms with Crippen LogP contribution in [0.3, 0.4) is 0 Å². The van der Waals surface area contributed by atoms with Gasteiger partial charge in [-0.25, -0.2) is 4.90 Å². The van der Waals surface area contributed by atoms with Crippen LogP contribution in [0.4, 0.5) is 5.69 Å². The summed E-state index contributed by atoms with van der Waals surface area (Å²) in [5, 5.41) is 0. The van der Waals surface area contributed by atoms with E-state index in [1.807, 2.05) is 30.3 Å². The predicted octanol–water partition coefficient (Wildman–Crippen LogP) is 1.72. The molecule has 122 valence electrons. The van der Waals surface area contributed by atoms with Gasteiger partial charge in [0, 0.05) is 16.5 Å². The fourth-order valence-electron chi connectivity index (χ4n) is 3.71. The highest BCUT2D eigenvalue weighted by Gasteiger charge is 2.46. The van der Waals surface area contributed by atoms with E-state index < -0.39 is 0 Å². The van der Waals surface area contributed by atoms with E-state index in [1.165, 1.54) is 20.9 Å². The Morgan fingerprint density at radius 2 is 1.71 bits per heavy atom. The molecule has 2 aromatic rings. The van der Waals surface area contributed by atoms with E-state index in [1.54, 1.807) is 0 Å². The van der Waals surface area contributed by atoms with Gasteiger partial charge >= 0.3 is 0 Å². The Labute approximate surface area is 149 Å². The normalized spacial score (nSPS) is 23.5. The molecule has 1 saturated heterocycles. The van der Waals surface area contributed by atoms with Crippen molar-refractivity contribution in [1.29, 1.82) is 0 Å². The number of nitrogens with zero attached hydrogens (tertiary/aromatic N) is 1. The first kappa shape index (κ1) is 15.5. The van der Waals surface area contributed by atoms with E-state index in [-0.39, 0.29) is 17.9 Å². The number of quaternary nitrogens is 1. The summed E-state index contributed by atoms with van der Waals surface area (Å²) in [6, 6.07) is 15.4. The van der Waals surface area contributed by atoms with Crippen LogP contribution in [0.2, 0.25) is 0 Å². The molecular formula is C19H18BrN2O2+. The Bertz CT molecular complexity index is 803. The number of carbonyl (C=O) groups excluding carboxylic acids is 2. The number of hydrogen-bond acceptors (Lipinski definition) is 2. The first-order chi connectivity index (χ1) is 11.6. The van der Waals surface area contributed by atoms with Crippen LogP contribution in [-0.2, 0) is 22.6 Å². The van der Waals surface area contributed by atoms with Crippen molar-refractivity contribution in [3.63, 3.8) is 0 Å². The molecule has 5 heteroatoms. The molecule has 2 aromatic carbocycles. The number of benzene rings is 2. The zero-order valence-corrected chi connectivity index (χ0v) is 14.8. The van der Waals surface area contributed by atoms with Crippen LogP contribution in [0.1, 0.15) is 17.5 Å². The third-order valence-corrected chi connectivity index (χ3v) is 5.50. The van der Waals surface area contributed by atoms with Gasteiger partial charge in [-0.15, -0.1) is 0 Å². The van der Waals surface area contributed by atoms with Gasteiger partial charge < -0.3 is 4.90 Å². The maximum Gasteiger partial charge on any atom is 0.292 e. The topological polar surface area (TPSA) is 41.8 Å². The van der Waals surface area contributed by atoms with Crippen molar-refractivity contribution in [2.24, 2.45) is 0 Å². The lowest BCUT2D eigenvalue weighted by Gasteiger charge is -2.29. The average molecular weight is 386 g/mol. The van der Waals surface area contributed by atoms with E-state index in [2.05, 4.69) is 34.1 Å². The molecule has 2 aliphatic heterocycles. The first-order valence-corrected chi connectivity index (χ1v) is 8.96. The van der Waals surface area contributed by atoms with Crippen molar-refractivity contribution in [2.45, 2.75) is 25.4 Å². The van der Waals surface area contributed by atoms with Gasteiger partial charge in [0.2, 0.25) is 5.91 Å². The van der Waals surface area contributed by atoms with Crippen LogP contribution in [0.15, 0.2) is 53.0 Å². The molecule has 2 amide bonds. The number of nitrogens with one attached hydrogen (secondary N) is 1. The highest BCUT2D eigenvalue weighted by atomic mass is 79.9. The lowest BCUT2D eigenvalue weighted by molar-refractivity contribution is -0.930. The van der Waals surface area contributed by atoms with Gasteiger partial charge in [-0.2, -0.15) is 0 Å². The molecule has 0 aliphatic carbocycles. The molecule has 2 aliphatic rings. The second-order valence-corrected chi connectivity index (χ2v) is 7.32. The summed E-state index contributed by atoms with van der Waals surface area (Å²) in [6.45, 7) is 1.71. The van der Waals surface area contributed by atoms with E-state index >= 15 is 0 Å². The van der Waals surface area contributed by atoms with E-state index in [4.69, 9.17) is 0 Å². The molecule has 4 nitrogen and oxygen atoms in total. The van der Waals surface area contributed by atoms with Gasteiger partial charge in [0.05, 0.1) is 18.7 Å². The minimum atomic E-state index is -0.269. The molecule has 0 bridgehead atoms. The Kier molecular flexibility index (Phi) is 3.98. The molecule has 2 atom stereocenters. The number of amides is 2. The molecule has 1 N–H and O–H groups in total. The molecule has 0 saturated carbocycles. The zero-order valence-electron chi connectivity index (χ0n) is 13.2. The van der Waals surface area contributed by atoms with E-state index in [9.17, 15) is 9.59 Å². The molecule has 4 rings (SSSR count). The van der Waals surface area contributed by atoms with Gasteiger partial charge in [0.1, 0.15) is 6.54 Å². The smallest absolute Gasteiger partial charge is 0.292 e. The lowest BCUT2D eigenvalue weighted by Crippen LogP contribution is -3.16. The standard InChI is InChI=1S/C19H17BrN2O2/c20-15-5-7-16(8-6-15)22-18(23)11-17(19(22)24)21-10-9-13-3-1-2-4-14(13)12-21/h1-8,17H,9-12H2/p+1/t17-/m1/s1. The minimum Gasteiger partial charge on any atom is -0.320 e. The minimum absolute atomic E-state index is 0.0725. The van der Waals surface area contributed by atoms with Gasteiger partial charge in [0.25, 0.3) is 5.91 Å². The first-order valence-electron chi connectivity index (χ1n) is 8.17. The SMILES string of the molecule is O=C1C[C@@H]([NH+]2CCc3ccccc3C2)C(=O)N1c1ccc(Br)cc1. The van der Waals surface area contributed by atoms with Crippen LogP contribution in [0, 0.1) is 0 Å². The highest BCUT2D eigenvalue weighted by molar-refractivity contribution is 9.10. The van der Waals surface area contributed by atoms with E-state index in [0.29, 0.717) is 12.1 Å². The van der Waals surface area contributed by atoms with Crippen LogP contribution < -0.4 is 9.80 Å². The molecular weight excluding hydrogens is 368 g/mol. The molecule has 1 unspecified atom stereocenters. The Hall–Kier alpha value is -1.98. The number of anilines is 1. The quantitative estimate of drug-likeness (QED) is 0.799. The number of hydrogen-bond donors (Lipinski definition) is 1. The molecule has 0 radical (unpaired) electrons. The van der Waals surface area contributed by atoms with Gasteiger partial charge in [-0.1, -0.05) is 40.2 Å². The third-order valence-electron chi connectivity index (χ3n) is 4.98. The summed E-state index contributed by atoms with van der Waals surface area (Å²) in [5.74, 6) is -0.171. The van der Waals surface area contributed by atoms with Crippen LogP contribution in [0.25, 0.3) is 0 Å². The fraction of sp³-hybridized carbons (Fsp3) is 0.263. The van der Waals surface area contributed by atoms with Crippen molar-refractivity contribution >= 4 is 33.4 Å². The Morgan fingerprint density at radius 1 is 1.00 bits per heavy atom. The number of imide groups is 1. The number of carbonyl (C=O) groups is 2. The maximum atomic E-state index is 12.9. The largest absolute Gasteiger partial charge is 0.320 e. The van der Waals surface area contributed by atoms with Gasteiger partial charge in [-0.3, -0.25) is 9.59 Å². The second kappa shape index (κ2) is 6.15. The Balaban J connectivity index is 1.57. The number of fused-ring (bicyclic) bond motifs is 1. The van der Waals surface area contributed by atoms with Crippen molar-refractivity contribution in [3.05, 3.63) is 64.1 Å². The molecule has 2 heterocycles. The summed E-state index contributed by atoms with van der Waals surface area (Å²) in [6.07, 6.45) is 1.26. The summed E-state index contributed by atoms with van der Waals surface area (Å²) >= 11 is 3.38. The van der Waals surface area contributed by atoms with Crippen molar-refractivity contribution < 1.29 is 14.5 Å². The number of rotatable bonds is 2. The van der Waals surface area contributed by atoms with E-state index in [0.717, 1.165) is 24.0 Å². The summed E-state index contributed by atoms with van der Waals surface area (Å²) in [4.78, 5) is 27.9. The number of halogens is 1. The fourth-order valence-corrected chi connectivity index (χ4v) is 3.98. The summed E-state index contributed by atoms with van der Waals surface area (Å²) < 4.78 is 0.931. The predicted molar refractivity (Wildman–Crippen MR) is 94.7 cm³/mol. The van der Waals surface area contributed by atoms with Crippen molar-refractivity contribution in [1.82, 2.24) is 0 Å². The average Bonchev–Trinajstić information content (AvgIpc) is 2.90. The van der Waals surface area contributed by atoms with Crippen LogP contribution >= 0.6 is 15.9 Å². The second-order valence-electron chi connectivity index (χ2n) is 6.40. The summed E-state index contributed by atoms with van der Waals surface area (Å²) in [5.41, 5.74) is 3.32. The van der Waals surface area contributed by atoms with Crippen LogP contribution in [-0.4, -0.2) is 24.4 Å². The lowest BCUT2D eigenvalue weighted by atomic mass is 9.98. The molecule has 0 spiro atoms. The molecule has 1 fully saturated rings. The zero-order chi connectivity index (χ0) is 16.7. The van der Waals surface area contributed by atoms with Gasteiger partial charge in [-0.05, 0) is 29.8 Å². The maximum absolute atomic E-state index is 12.9. The molecule has 24 heavy (non-hydrogen) atoms. The van der Waals surface area contributed by atoms with Gasteiger partial charge in [0.15, 0.2) is 6.04 Å². The third kappa shape index (κ3) is 2.68. The van der Waals surface area contributed by atoms with Crippen molar-refractivity contribution in [2.75, 3.05) is 11.4 Å². The highest BCUT2D eigenvalue weighted by Crippen LogP contribution is 2.24. The Morgan fingerprint density at radius 3 is 2.46 bits per heavy atom. The molecule has 0 aromatic heterocycles.